The van der Waals surface area contributed by atoms with Crippen LogP contribution in [0.5, 0.6) is 0 Å². The van der Waals surface area contributed by atoms with E-state index in [-0.39, 0.29) is 5.03 Å². The molecule has 0 spiro atoms. The molecule has 102 valence electrons. The maximum atomic E-state index is 11.4. The molecule has 8 heteroatoms. The van der Waals surface area contributed by atoms with Crippen molar-refractivity contribution in [1.82, 2.24) is 19.4 Å². The number of imidazole rings is 1. The number of nitrogens with zero attached hydrogens (tertiary/aromatic N) is 4. The van der Waals surface area contributed by atoms with E-state index in [1.165, 1.54) is 12.3 Å². The van der Waals surface area contributed by atoms with Gasteiger partial charge in [-0.25, -0.2) is 23.4 Å². The monoisotopic (exact) mass is 289 g/mol. The van der Waals surface area contributed by atoms with Crippen LogP contribution in [0.2, 0.25) is 0 Å². The highest BCUT2D eigenvalue weighted by atomic mass is 32.2. The second-order valence-corrected chi connectivity index (χ2v) is 6.30. The van der Waals surface area contributed by atoms with Crippen molar-refractivity contribution >= 4 is 21.3 Å². The van der Waals surface area contributed by atoms with E-state index >= 15 is 0 Å². The summed E-state index contributed by atoms with van der Waals surface area (Å²) >= 11 is 0. The summed E-state index contributed by atoms with van der Waals surface area (Å²) in [4.78, 5) is 12.1. The van der Waals surface area contributed by atoms with E-state index in [2.05, 4.69) is 15.0 Å². The summed E-state index contributed by atoms with van der Waals surface area (Å²) in [5.41, 5.74) is 8.06. The molecule has 0 aromatic carbocycles. The van der Waals surface area contributed by atoms with Gasteiger partial charge in [-0.1, -0.05) is 0 Å². The fraction of sp³-hybridized carbons (Fsp3) is 0.0833. The van der Waals surface area contributed by atoms with Crippen molar-refractivity contribution in [2.24, 2.45) is 0 Å². The minimum atomic E-state index is -3.30. The highest BCUT2D eigenvalue weighted by molar-refractivity contribution is 7.90. The van der Waals surface area contributed by atoms with Gasteiger partial charge < -0.3 is 5.73 Å². The number of sulfone groups is 1. The van der Waals surface area contributed by atoms with Gasteiger partial charge in [0, 0.05) is 29.8 Å². The number of hydrogen-bond donors (Lipinski definition) is 1. The molecule has 0 fully saturated rings. The lowest BCUT2D eigenvalue weighted by atomic mass is 10.1. The van der Waals surface area contributed by atoms with Crippen LogP contribution in [0.15, 0.2) is 42.1 Å². The van der Waals surface area contributed by atoms with Crippen molar-refractivity contribution in [3.05, 3.63) is 37.1 Å². The molecule has 0 saturated carbocycles. The number of fused-ring (bicyclic) bond motifs is 1. The molecule has 3 aromatic rings. The average Bonchev–Trinajstić information content (AvgIpc) is 2.88. The van der Waals surface area contributed by atoms with Gasteiger partial charge in [-0.2, -0.15) is 0 Å². The number of nitrogens with two attached hydrogens (primary N) is 1. The van der Waals surface area contributed by atoms with Crippen molar-refractivity contribution in [3.8, 4) is 11.1 Å². The highest BCUT2D eigenvalue weighted by Crippen LogP contribution is 2.24. The summed E-state index contributed by atoms with van der Waals surface area (Å²) in [6.07, 6.45) is 7.46. The Labute approximate surface area is 115 Å². The Morgan fingerprint density at radius 2 is 1.95 bits per heavy atom. The van der Waals surface area contributed by atoms with Crippen LogP contribution in [-0.4, -0.2) is 34.0 Å². The third kappa shape index (κ3) is 1.99. The minimum absolute atomic E-state index is 0.0363. The lowest BCUT2D eigenvalue weighted by Crippen LogP contribution is -2.01. The zero-order chi connectivity index (χ0) is 14.3. The molecule has 0 aliphatic heterocycles. The maximum Gasteiger partial charge on any atom is 0.206 e. The first-order valence-electron chi connectivity index (χ1n) is 5.70. The summed E-state index contributed by atoms with van der Waals surface area (Å²) in [7, 11) is -3.30. The SMILES string of the molecule is CS(=O)(=O)c1ccc(-c2cnc(N)n3cncc23)cn1. The third-order valence-electron chi connectivity index (χ3n) is 2.91. The number of pyridine rings is 1. The number of nitrogen functional groups attached to an aromatic ring is 1. The summed E-state index contributed by atoms with van der Waals surface area (Å²) in [6, 6.07) is 3.15. The largest absolute Gasteiger partial charge is 0.369 e. The molecule has 0 radical (unpaired) electrons. The molecule has 0 aliphatic carbocycles. The van der Waals surface area contributed by atoms with Crippen LogP contribution in [0.1, 0.15) is 0 Å². The van der Waals surface area contributed by atoms with Gasteiger partial charge in [-0.05, 0) is 12.1 Å². The smallest absolute Gasteiger partial charge is 0.206 e. The maximum absolute atomic E-state index is 11.4. The van der Waals surface area contributed by atoms with Gasteiger partial charge in [0.2, 0.25) is 5.95 Å². The average molecular weight is 289 g/mol. The number of hydrogen-bond acceptors (Lipinski definition) is 6. The zero-order valence-corrected chi connectivity index (χ0v) is 11.4. The predicted octanol–water partition coefficient (Wildman–Crippen LogP) is 0.777. The molecule has 0 atom stereocenters. The Hall–Kier alpha value is -2.48. The Morgan fingerprint density at radius 1 is 1.15 bits per heavy atom. The van der Waals surface area contributed by atoms with E-state index in [1.54, 1.807) is 29.2 Å². The molecule has 0 bridgehead atoms. The van der Waals surface area contributed by atoms with Gasteiger partial charge >= 0.3 is 0 Å². The fourth-order valence-electron chi connectivity index (χ4n) is 1.92. The third-order valence-corrected chi connectivity index (χ3v) is 3.92. The molecule has 0 amide bonds. The van der Waals surface area contributed by atoms with Crippen molar-refractivity contribution in [3.63, 3.8) is 0 Å². The molecule has 3 aromatic heterocycles. The predicted molar refractivity (Wildman–Crippen MR) is 73.7 cm³/mol. The van der Waals surface area contributed by atoms with Crippen molar-refractivity contribution in [2.75, 3.05) is 12.0 Å². The molecule has 0 saturated heterocycles. The minimum Gasteiger partial charge on any atom is -0.369 e. The summed E-state index contributed by atoms with van der Waals surface area (Å²) < 4.78 is 24.4. The first-order chi connectivity index (χ1) is 9.47. The topological polar surface area (TPSA) is 103 Å². The molecular weight excluding hydrogens is 278 g/mol. The van der Waals surface area contributed by atoms with Crippen LogP contribution in [0.4, 0.5) is 5.95 Å². The Bertz CT molecular complexity index is 884. The van der Waals surface area contributed by atoms with Crippen LogP contribution in [0, 0.1) is 0 Å². The Kier molecular flexibility index (Phi) is 2.68. The number of aromatic nitrogens is 4. The molecule has 3 rings (SSSR count). The second kappa shape index (κ2) is 4.27. The van der Waals surface area contributed by atoms with Crippen LogP contribution in [0.25, 0.3) is 16.6 Å². The first-order valence-corrected chi connectivity index (χ1v) is 7.59. The van der Waals surface area contributed by atoms with Gasteiger partial charge in [0.1, 0.15) is 6.33 Å². The molecular formula is C12H11N5O2S. The number of rotatable bonds is 2. The van der Waals surface area contributed by atoms with Gasteiger partial charge in [0.25, 0.3) is 0 Å². The summed E-state index contributed by atoms with van der Waals surface area (Å²) in [6.45, 7) is 0. The van der Waals surface area contributed by atoms with Gasteiger partial charge in [-0.3, -0.25) is 4.40 Å². The highest BCUT2D eigenvalue weighted by Gasteiger charge is 2.11. The van der Waals surface area contributed by atoms with Gasteiger partial charge in [0.05, 0.1) is 11.7 Å². The van der Waals surface area contributed by atoms with E-state index in [4.69, 9.17) is 5.73 Å². The normalized spacial score (nSPS) is 11.8. The van der Waals surface area contributed by atoms with Crippen molar-refractivity contribution in [2.45, 2.75) is 5.03 Å². The molecule has 0 aliphatic rings. The number of anilines is 1. The van der Waals surface area contributed by atoms with E-state index in [0.29, 0.717) is 5.95 Å². The second-order valence-electron chi connectivity index (χ2n) is 4.34. The van der Waals surface area contributed by atoms with Crippen LogP contribution < -0.4 is 5.73 Å². The molecule has 3 heterocycles. The van der Waals surface area contributed by atoms with Crippen molar-refractivity contribution in [1.29, 1.82) is 0 Å². The Morgan fingerprint density at radius 3 is 2.60 bits per heavy atom. The molecule has 0 unspecified atom stereocenters. The lowest BCUT2D eigenvalue weighted by Gasteiger charge is -2.06. The van der Waals surface area contributed by atoms with Crippen LogP contribution in [0.3, 0.4) is 0 Å². The quantitative estimate of drug-likeness (QED) is 0.747. The molecule has 20 heavy (non-hydrogen) atoms. The summed E-state index contributed by atoms with van der Waals surface area (Å²) in [5.74, 6) is 0.335. The lowest BCUT2D eigenvalue weighted by molar-refractivity contribution is 0.598. The van der Waals surface area contributed by atoms with E-state index in [0.717, 1.165) is 22.9 Å². The molecule has 2 N–H and O–H groups in total. The standard InChI is InChI=1S/C12H11N5O2S/c1-20(18,19)11-3-2-8(4-15-11)9-5-16-12(13)17-7-14-6-10(9)17/h2-7H,1H3,(H2,13,16). The van der Waals surface area contributed by atoms with E-state index < -0.39 is 9.84 Å². The first kappa shape index (κ1) is 12.5. The van der Waals surface area contributed by atoms with Crippen LogP contribution in [-0.2, 0) is 9.84 Å². The summed E-state index contributed by atoms with van der Waals surface area (Å²) in [5, 5.41) is 0.0363. The molecule has 7 nitrogen and oxygen atoms in total. The van der Waals surface area contributed by atoms with Crippen LogP contribution >= 0.6 is 0 Å². The van der Waals surface area contributed by atoms with E-state index in [9.17, 15) is 8.42 Å². The fourth-order valence-corrected chi connectivity index (χ4v) is 2.48. The Balaban J connectivity index is 2.17. The van der Waals surface area contributed by atoms with Gasteiger partial charge in [-0.15, -0.1) is 0 Å². The van der Waals surface area contributed by atoms with E-state index in [1.807, 2.05) is 0 Å². The van der Waals surface area contributed by atoms with Gasteiger partial charge in [0.15, 0.2) is 14.9 Å². The zero-order valence-electron chi connectivity index (χ0n) is 10.6. The van der Waals surface area contributed by atoms with Crippen molar-refractivity contribution < 1.29 is 8.42 Å².